The van der Waals surface area contributed by atoms with E-state index in [9.17, 15) is 32.3 Å². The van der Waals surface area contributed by atoms with E-state index in [0.29, 0.717) is 12.0 Å². The van der Waals surface area contributed by atoms with Gasteiger partial charge in [-0.1, -0.05) is 25.4 Å². The fourth-order valence-corrected chi connectivity index (χ4v) is 4.63. The summed E-state index contributed by atoms with van der Waals surface area (Å²) in [4.78, 5) is 30.1. The van der Waals surface area contributed by atoms with E-state index in [1.54, 1.807) is 0 Å². The highest BCUT2D eigenvalue weighted by Gasteiger charge is 2.41. The van der Waals surface area contributed by atoms with E-state index < -0.39 is 51.5 Å². The lowest BCUT2D eigenvalue weighted by atomic mass is 9.80. The van der Waals surface area contributed by atoms with Gasteiger partial charge in [0.15, 0.2) is 0 Å². The van der Waals surface area contributed by atoms with Gasteiger partial charge in [-0.2, -0.15) is 13.2 Å². The molecule has 1 aromatic heterocycles. The molecular weight excluding hydrogens is 527 g/mol. The van der Waals surface area contributed by atoms with Crippen molar-refractivity contribution in [1.82, 2.24) is 9.88 Å². The monoisotopic (exact) mass is 550 g/mol. The van der Waals surface area contributed by atoms with E-state index in [1.165, 1.54) is 11.0 Å². The van der Waals surface area contributed by atoms with Crippen molar-refractivity contribution in [2.45, 2.75) is 51.3 Å². The molecule has 0 spiro atoms. The maximum Gasteiger partial charge on any atom is 0.418 e. The summed E-state index contributed by atoms with van der Waals surface area (Å²) in [6.45, 7) is 4.04. The predicted octanol–water partition coefficient (Wildman–Crippen LogP) is 6.21. The number of benzene rings is 1. The lowest BCUT2D eigenvalue weighted by Gasteiger charge is -2.43. The fourth-order valence-electron chi connectivity index (χ4n) is 4.42. The van der Waals surface area contributed by atoms with Crippen molar-refractivity contribution >= 4 is 35.9 Å². The van der Waals surface area contributed by atoms with Gasteiger partial charge in [-0.25, -0.2) is 14.2 Å². The first-order valence-electron chi connectivity index (χ1n) is 11.0. The molecule has 2 aliphatic rings. The number of amides is 1. The number of halogens is 6. The van der Waals surface area contributed by atoms with Crippen LogP contribution in [-0.2, 0) is 6.18 Å². The number of alkyl halides is 3. The molecule has 1 aliphatic carbocycles. The summed E-state index contributed by atoms with van der Waals surface area (Å²) in [6, 6.07) is 2.99. The van der Waals surface area contributed by atoms with Gasteiger partial charge in [0.25, 0.3) is 5.91 Å². The summed E-state index contributed by atoms with van der Waals surface area (Å²) in [7, 11) is 0. The van der Waals surface area contributed by atoms with E-state index in [2.05, 4.69) is 4.98 Å². The molecule has 2 heterocycles. The Balaban J connectivity index is 0.00000361. The van der Waals surface area contributed by atoms with Crippen LogP contribution in [0.1, 0.15) is 70.9 Å². The highest BCUT2D eigenvalue weighted by Crippen LogP contribution is 2.43. The molecule has 1 atom stereocenters. The number of pyridine rings is 1. The number of nitrogens with zero attached hydrogens (tertiary/aromatic N) is 2. The fraction of sp³-hybridized carbons (Fsp3) is 0.458. The molecule has 6 nitrogen and oxygen atoms in total. The molecular formula is C24H24Cl2F4N2O4. The van der Waals surface area contributed by atoms with Crippen LogP contribution < -0.4 is 4.74 Å². The van der Waals surface area contributed by atoms with Gasteiger partial charge < -0.3 is 14.7 Å². The van der Waals surface area contributed by atoms with Gasteiger partial charge in [0.05, 0.1) is 22.3 Å². The number of ether oxygens (including phenoxy) is 1. The third kappa shape index (κ3) is 5.70. The molecule has 1 unspecified atom stereocenters. The molecule has 12 heteroatoms. The minimum absolute atomic E-state index is 0. The number of carboxylic acids is 1. The Kier molecular flexibility index (Phi) is 7.81. The zero-order chi connectivity index (χ0) is 25.7. The summed E-state index contributed by atoms with van der Waals surface area (Å²) in [6.07, 6.45) is -2.43. The van der Waals surface area contributed by atoms with Crippen LogP contribution in [0.5, 0.6) is 5.88 Å². The SMILES string of the molecule is CC1(C)CN(C(=O)c2cc(F)c(C(=O)O)cc2C2CC2)CCC1Oc1cc(C(F)(F)F)c(Cl)cn1.Cl. The second-order valence-electron chi connectivity index (χ2n) is 9.61. The maximum absolute atomic E-state index is 14.4. The molecule has 0 bridgehead atoms. The number of piperidine rings is 1. The van der Waals surface area contributed by atoms with Crippen molar-refractivity contribution in [3.63, 3.8) is 0 Å². The van der Waals surface area contributed by atoms with Crippen LogP contribution in [0.2, 0.25) is 5.02 Å². The number of carbonyl (C=O) groups is 2. The number of carboxylic acid groups (broad SMARTS) is 1. The lowest BCUT2D eigenvalue weighted by Crippen LogP contribution is -2.52. The molecule has 0 radical (unpaired) electrons. The first-order chi connectivity index (χ1) is 16.3. The van der Waals surface area contributed by atoms with Gasteiger partial charge in [-0.15, -0.1) is 12.4 Å². The number of carbonyl (C=O) groups excluding carboxylic acids is 1. The van der Waals surface area contributed by atoms with Gasteiger partial charge in [-0.05, 0) is 36.5 Å². The second kappa shape index (κ2) is 10.0. The van der Waals surface area contributed by atoms with Crippen molar-refractivity contribution in [3.8, 4) is 5.88 Å². The minimum atomic E-state index is -4.66. The van der Waals surface area contributed by atoms with Crippen LogP contribution in [0.4, 0.5) is 17.6 Å². The lowest BCUT2D eigenvalue weighted by molar-refractivity contribution is -0.137. The van der Waals surface area contributed by atoms with E-state index in [4.69, 9.17) is 16.3 Å². The topological polar surface area (TPSA) is 79.7 Å². The first-order valence-corrected chi connectivity index (χ1v) is 11.4. The van der Waals surface area contributed by atoms with E-state index in [0.717, 1.165) is 31.2 Å². The van der Waals surface area contributed by atoms with Crippen LogP contribution in [0.3, 0.4) is 0 Å². The summed E-state index contributed by atoms with van der Waals surface area (Å²) in [5.41, 5.74) is -1.53. The van der Waals surface area contributed by atoms with Crippen molar-refractivity contribution in [3.05, 3.63) is 57.5 Å². The van der Waals surface area contributed by atoms with Gasteiger partial charge in [-0.3, -0.25) is 4.79 Å². The van der Waals surface area contributed by atoms with Crippen molar-refractivity contribution in [1.29, 1.82) is 0 Å². The zero-order valence-corrected chi connectivity index (χ0v) is 20.9. The number of hydrogen-bond donors (Lipinski definition) is 1. The summed E-state index contributed by atoms with van der Waals surface area (Å²) in [5.74, 6) is -3.00. The minimum Gasteiger partial charge on any atom is -0.478 e. The Morgan fingerprint density at radius 3 is 2.39 bits per heavy atom. The van der Waals surface area contributed by atoms with Crippen LogP contribution in [-0.4, -0.2) is 46.1 Å². The average Bonchev–Trinajstić information content (AvgIpc) is 3.59. The number of aromatic carboxylic acids is 1. The van der Waals surface area contributed by atoms with Gasteiger partial charge in [0.2, 0.25) is 5.88 Å². The highest BCUT2D eigenvalue weighted by molar-refractivity contribution is 6.31. The van der Waals surface area contributed by atoms with Crippen molar-refractivity contribution < 1.29 is 37.0 Å². The van der Waals surface area contributed by atoms with Crippen molar-refractivity contribution in [2.75, 3.05) is 13.1 Å². The third-order valence-corrected chi connectivity index (χ3v) is 6.74. The molecule has 1 saturated heterocycles. The average molecular weight is 551 g/mol. The molecule has 4 rings (SSSR count). The molecule has 2 fully saturated rings. The summed E-state index contributed by atoms with van der Waals surface area (Å²) < 4.78 is 59.8. The Morgan fingerprint density at radius 1 is 1.17 bits per heavy atom. The second-order valence-corrected chi connectivity index (χ2v) is 10.0. The largest absolute Gasteiger partial charge is 0.478 e. The molecule has 1 aromatic carbocycles. The van der Waals surface area contributed by atoms with E-state index >= 15 is 0 Å². The Morgan fingerprint density at radius 2 is 1.83 bits per heavy atom. The third-order valence-electron chi connectivity index (χ3n) is 6.43. The van der Waals surface area contributed by atoms with Crippen LogP contribution in [0.15, 0.2) is 24.4 Å². The molecule has 1 amide bonds. The number of aromatic nitrogens is 1. The van der Waals surface area contributed by atoms with Crippen LogP contribution in [0.25, 0.3) is 0 Å². The summed E-state index contributed by atoms with van der Waals surface area (Å²) in [5, 5.41) is 8.71. The summed E-state index contributed by atoms with van der Waals surface area (Å²) >= 11 is 5.63. The Bertz CT molecular complexity index is 1190. The normalized spacial score (nSPS) is 19.4. The molecule has 1 saturated carbocycles. The van der Waals surface area contributed by atoms with Gasteiger partial charge in [0, 0.05) is 36.6 Å². The predicted molar refractivity (Wildman–Crippen MR) is 126 cm³/mol. The first kappa shape index (κ1) is 28.0. The van der Waals surface area contributed by atoms with Gasteiger partial charge >= 0.3 is 12.1 Å². The molecule has 1 aliphatic heterocycles. The smallest absolute Gasteiger partial charge is 0.418 e. The molecule has 36 heavy (non-hydrogen) atoms. The Hall–Kier alpha value is -2.59. The van der Waals surface area contributed by atoms with Crippen molar-refractivity contribution in [2.24, 2.45) is 5.41 Å². The van der Waals surface area contributed by atoms with Gasteiger partial charge in [0.1, 0.15) is 11.9 Å². The Labute approximate surface area is 216 Å². The highest BCUT2D eigenvalue weighted by atomic mass is 35.5. The van der Waals surface area contributed by atoms with Crippen LogP contribution in [0, 0.1) is 11.2 Å². The number of rotatable bonds is 5. The van der Waals surface area contributed by atoms with E-state index in [-0.39, 0.29) is 42.9 Å². The quantitative estimate of drug-likeness (QED) is 0.447. The number of likely N-dealkylation sites (tertiary alicyclic amines) is 1. The zero-order valence-electron chi connectivity index (χ0n) is 19.4. The number of hydrogen-bond acceptors (Lipinski definition) is 4. The van der Waals surface area contributed by atoms with E-state index in [1.807, 2.05) is 13.8 Å². The standard InChI is InChI=1S/C24H23ClF4N2O4.ClH/c1-23(2)11-31(6-5-19(23)35-20-9-16(24(27,28)29)17(25)10-30-20)21(32)14-8-18(26)15(22(33)34)7-13(14)12-3-4-12;/h7-10,12,19H,3-6,11H2,1-2H3,(H,33,34);1H. The molecule has 196 valence electrons. The molecule has 2 aromatic rings. The van der Waals surface area contributed by atoms with Crippen LogP contribution >= 0.6 is 24.0 Å². The molecule has 1 N–H and O–H groups in total. The maximum atomic E-state index is 14.4.